The number of morpholine rings is 1. The molecule has 7 heteroatoms. The summed E-state index contributed by atoms with van der Waals surface area (Å²) >= 11 is 0. The van der Waals surface area contributed by atoms with Gasteiger partial charge in [0.05, 0.1) is 25.1 Å². The normalized spacial score (nSPS) is 22.9. The van der Waals surface area contributed by atoms with Crippen molar-refractivity contribution in [3.63, 3.8) is 0 Å². The zero-order valence-electron chi connectivity index (χ0n) is 14.0. The highest BCUT2D eigenvalue weighted by Gasteiger charge is 2.30. The quantitative estimate of drug-likeness (QED) is 0.755. The molecule has 0 amide bonds. The lowest BCUT2D eigenvalue weighted by molar-refractivity contribution is -0.0440. The van der Waals surface area contributed by atoms with Crippen LogP contribution in [0.4, 0.5) is 0 Å². The fourth-order valence-corrected chi connectivity index (χ4v) is 4.20. The third kappa shape index (κ3) is 5.46. The summed E-state index contributed by atoms with van der Waals surface area (Å²) < 4.78 is 37.0. The molecule has 0 spiro atoms. The first kappa shape index (κ1) is 18.2. The van der Waals surface area contributed by atoms with E-state index in [0.29, 0.717) is 26.2 Å². The van der Waals surface area contributed by atoms with Crippen LogP contribution in [0.15, 0.2) is 24.3 Å². The lowest BCUT2D eigenvalue weighted by atomic mass is 10.2. The van der Waals surface area contributed by atoms with Crippen LogP contribution in [0.25, 0.3) is 0 Å². The van der Waals surface area contributed by atoms with Crippen molar-refractivity contribution >= 4 is 10.0 Å². The smallest absolute Gasteiger partial charge is 0.215 e. The molecule has 0 aromatic heterocycles. The van der Waals surface area contributed by atoms with E-state index in [1.807, 2.05) is 38.1 Å². The molecule has 0 saturated carbocycles. The summed E-state index contributed by atoms with van der Waals surface area (Å²) in [5.74, 6) is 0.912. The summed E-state index contributed by atoms with van der Waals surface area (Å²) in [5, 5.41) is 3.18. The van der Waals surface area contributed by atoms with Crippen LogP contribution in [0.2, 0.25) is 0 Å². The number of benzene rings is 1. The van der Waals surface area contributed by atoms with Gasteiger partial charge >= 0.3 is 0 Å². The third-order valence-electron chi connectivity index (χ3n) is 3.80. The molecule has 1 aliphatic rings. The molecule has 1 aromatic carbocycles. The number of ether oxygens (including phenoxy) is 2. The first-order valence-electron chi connectivity index (χ1n) is 7.87. The van der Waals surface area contributed by atoms with Gasteiger partial charge in [0.2, 0.25) is 10.0 Å². The molecule has 0 bridgehead atoms. The molecule has 2 rings (SSSR count). The second-order valence-electron chi connectivity index (χ2n) is 5.92. The van der Waals surface area contributed by atoms with Gasteiger partial charge in [-0.3, -0.25) is 0 Å². The van der Waals surface area contributed by atoms with Crippen LogP contribution in [-0.4, -0.2) is 57.4 Å². The summed E-state index contributed by atoms with van der Waals surface area (Å²) in [6, 6.07) is 7.71. The number of methoxy groups -OCH3 is 1. The molecule has 0 radical (unpaired) electrons. The Bertz CT molecular complexity index is 579. The summed E-state index contributed by atoms with van der Waals surface area (Å²) in [5.41, 5.74) is 1.09. The van der Waals surface area contributed by atoms with E-state index in [1.54, 1.807) is 11.4 Å². The van der Waals surface area contributed by atoms with Crippen molar-refractivity contribution in [2.45, 2.75) is 32.6 Å². The molecule has 0 aliphatic carbocycles. The molecule has 2 atom stereocenters. The molecular weight excluding hydrogens is 316 g/mol. The summed E-state index contributed by atoms with van der Waals surface area (Å²) in [6.07, 6.45) is -0.110. The van der Waals surface area contributed by atoms with E-state index in [0.717, 1.165) is 11.3 Å². The lowest BCUT2D eigenvalue weighted by Crippen LogP contribution is -2.49. The van der Waals surface area contributed by atoms with Crippen LogP contribution in [0, 0.1) is 0 Å². The molecular formula is C16H26N2O4S. The van der Waals surface area contributed by atoms with E-state index >= 15 is 0 Å². The van der Waals surface area contributed by atoms with Crippen molar-refractivity contribution in [2.24, 2.45) is 0 Å². The molecule has 6 nitrogen and oxygen atoms in total. The Morgan fingerprint density at radius 1 is 1.22 bits per heavy atom. The Kier molecular flexibility index (Phi) is 6.41. The predicted molar refractivity (Wildman–Crippen MR) is 90.1 cm³/mol. The number of hydrogen-bond acceptors (Lipinski definition) is 5. The maximum atomic E-state index is 12.4. The van der Waals surface area contributed by atoms with Gasteiger partial charge in [0.15, 0.2) is 0 Å². The molecule has 1 fully saturated rings. The van der Waals surface area contributed by atoms with E-state index in [4.69, 9.17) is 9.47 Å². The highest BCUT2D eigenvalue weighted by Crippen LogP contribution is 2.15. The molecule has 1 N–H and O–H groups in total. The van der Waals surface area contributed by atoms with Gasteiger partial charge in [-0.1, -0.05) is 12.1 Å². The lowest BCUT2D eigenvalue weighted by Gasteiger charge is -2.34. The minimum Gasteiger partial charge on any atom is -0.497 e. The van der Waals surface area contributed by atoms with Crippen LogP contribution in [0.3, 0.4) is 0 Å². The molecule has 1 saturated heterocycles. The van der Waals surface area contributed by atoms with E-state index in [2.05, 4.69) is 5.32 Å². The van der Waals surface area contributed by atoms with Gasteiger partial charge < -0.3 is 14.8 Å². The van der Waals surface area contributed by atoms with Gasteiger partial charge in [-0.25, -0.2) is 8.42 Å². The van der Waals surface area contributed by atoms with Gasteiger partial charge in [0.25, 0.3) is 0 Å². The summed E-state index contributed by atoms with van der Waals surface area (Å²) in [7, 11) is -1.61. The highest BCUT2D eigenvalue weighted by molar-refractivity contribution is 7.89. The first-order chi connectivity index (χ1) is 10.9. The van der Waals surface area contributed by atoms with Gasteiger partial charge in [0.1, 0.15) is 5.75 Å². The fraction of sp³-hybridized carbons (Fsp3) is 0.625. The van der Waals surface area contributed by atoms with E-state index < -0.39 is 10.0 Å². The monoisotopic (exact) mass is 342 g/mol. The van der Waals surface area contributed by atoms with Crippen molar-refractivity contribution < 1.29 is 17.9 Å². The number of nitrogens with zero attached hydrogens (tertiary/aromatic N) is 1. The average molecular weight is 342 g/mol. The summed E-state index contributed by atoms with van der Waals surface area (Å²) in [6.45, 7) is 5.74. The minimum atomic E-state index is -3.24. The SMILES string of the molecule is COc1ccc(CNCCS(=O)(=O)N2CC(C)OC(C)C2)cc1. The number of hydrogen-bond donors (Lipinski definition) is 1. The van der Waals surface area contributed by atoms with Crippen LogP contribution >= 0.6 is 0 Å². The molecule has 1 heterocycles. The predicted octanol–water partition coefficient (Wildman–Crippen LogP) is 1.22. The largest absolute Gasteiger partial charge is 0.497 e. The zero-order chi connectivity index (χ0) is 16.9. The Hall–Kier alpha value is -1.15. The van der Waals surface area contributed by atoms with E-state index in [-0.39, 0.29) is 18.0 Å². The Labute approximate surface area is 138 Å². The van der Waals surface area contributed by atoms with Crippen molar-refractivity contribution in [3.8, 4) is 5.75 Å². The van der Waals surface area contributed by atoms with E-state index in [9.17, 15) is 8.42 Å². The fourth-order valence-electron chi connectivity index (χ4n) is 2.66. The zero-order valence-corrected chi connectivity index (χ0v) is 14.8. The Balaban J connectivity index is 1.78. The van der Waals surface area contributed by atoms with Crippen LogP contribution in [-0.2, 0) is 21.3 Å². The number of rotatable bonds is 7. The molecule has 2 unspecified atom stereocenters. The molecule has 1 aliphatic heterocycles. The maximum Gasteiger partial charge on any atom is 0.215 e. The molecule has 23 heavy (non-hydrogen) atoms. The number of sulfonamides is 1. The van der Waals surface area contributed by atoms with E-state index in [1.165, 1.54) is 0 Å². The third-order valence-corrected chi connectivity index (χ3v) is 5.61. The second kappa shape index (κ2) is 8.10. The van der Waals surface area contributed by atoms with Crippen molar-refractivity contribution in [1.29, 1.82) is 0 Å². The maximum absolute atomic E-state index is 12.4. The first-order valence-corrected chi connectivity index (χ1v) is 9.48. The van der Waals surface area contributed by atoms with Crippen molar-refractivity contribution in [3.05, 3.63) is 29.8 Å². The van der Waals surface area contributed by atoms with Gasteiger partial charge in [-0.05, 0) is 31.5 Å². The number of nitrogens with one attached hydrogen (secondary N) is 1. The van der Waals surface area contributed by atoms with Crippen LogP contribution in [0.1, 0.15) is 19.4 Å². The topological polar surface area (TPSA) is 67.9 Å². The standard InChI is InChI=1S/C16H26N2O4S/c1-13-11-18(12-14(2)22-13)23(19,20)9-8-17-10-15-4-6-16(21-3)7-5-15/h4-7,13-14,17H,8-12H2,1-3H3. The van der Waals surface area contributed by atoms with Gasteiger partial charge in [-0.2, -0.15) is 4.31 Å². The van der Waals surface area contributed by atoms with Gasteiger partial charge in [0, 0.05) is 26.2 Å². The average Bonchev–Trinajstić information content (AvgIpc) is 2.51. The Morgan fingerprint density at radius 3 is 2.39 bits per heavy atom. The minimum absolute atomic E-state index is 0.0548. The molecule has 1 aromatic rings. The van der Waals surface area contributed by atoms with Crippen molar-refractivity contribution in [1.82, 2.24) is 9.62 Å². The van der Waals surface area contributed by atoms with Crippen LogP contribution < -0.4 is 10.1 Å². The van der Waals surface area contributed by atoms with Crippen molar-refractivity contribution in [2.75, 3.05) is 32.5 Å². The summed E-state index contributed by atoms with van der Waals surface area (Å²) in [4.78, 5) is 0. The van der Waals surface area contributed by atoms with Crippen LogP contribution in [0.5, 0.6) is 5.75 Å². The second-order valence-corrected chi connectivity index (χ2v) is 8.00. The van der Waals surface area contributed by atoms with Gasteiger partial charge in [-0.15, -0.1) is 0 Å². The highest BCUT2D eigenvalue weighted by atomic mass is 32.2. The molecule has 130 valence electrons. The Morgan fingerprint density at radius 2 is 1.83 bits per heavy atom.